The van der Waals surface area contributed by atoms with Crippen LogP contribution in [-0.2, 0) is 0 Å². The topological polar surface area (TPSA) is 35.8 Å². The van der Waals surface area contributed by atoms with Crippen molar-refractivity contribution in [1.29, 1.82) is 5.26 Å². The van der Waals surface area contributed by atoms with Gasteiger partial charge in [-0.1, -0.05) is 0 Å². The van der Waals surface area contributed by atoms with Crippen molar-refractivity contribution in [2.24, 2.45) is 0 Å². The van der Waals surface area contributed by atoms with E-state index in [-0.39, 0.29) is 17.9 Å². The maximum atomic E-state index is 8.78. The fourth-order valence-electron chi connectivity index (χ4n) is 1.33. The van der Waals surface area contributed by atoms with Gasteiger partial charge in [0.1, 0.15) is 5.54 Å². The molecule has 64 valence electrons. The molecule has 0 aliphatic carbocycles. The first-order chi connectivity index (χ1) is 4.83. The van der Waals surface area contributed by atoms with Gasteiger partial charge in [-0.2, -0.15) is 5.26 Å². The molecule has 11 heavy (non-hydrogen) atoms. The molecular formula is C7H12Cl2N2. The van der Waals surface area contributed by atoms with E-state index in [1.54, 1.807) is 0 Å². The van der Waals surface area contributed by atoms with Crippen molar-refractivity contribution in [1.82, 2.24) is 5.32 Å². The van der Waals surface area contributed by atoms with Crippen LogP contribution in [0.2, 0.25) is 0 Å². The number of halogens is 2. The number of hydrogen-bond acceptors (Lipinski definition) is 2. The standard InChI is InChI=1S/C7H11ClN2.ClH/c8-4-3-7(6-9)2-1-5-10-7;/h10H,1-5H2;1H. The molecule has 0 bridgehead atoms. The molecule has 0 saturated carbocycles. The molecule has 1 heterocycles. The minimum atomic E-state index is -0.290. The fourth-order valence-corrected chi connectivity index (χ4v) is 1.65. The van der Waals surface area contributed by atoms with Crippen LogP contribution in [0.3, 0.4) is 0 Å². The van der Waals surface area contributed by atoms with E-state index in [4.69, 9.17) is 16.9 Å². The van der Waals surface area contributed by atoms with Crippen LogP contribution < -0.4 is 5.32 Å². The maximum absolute atomic E-state index is 8.78. The van der Waals surface area contributed by atoms with E-state index in [2.05, 4.69) is 11.4 Å². The third-order valence-electron chi connectivity index (χ3n) is 1.98. The molecule has 1 N–H and O–H groups in total. The zero-order valence-electron chi connectivity index (χ0n) is 6.27. The lowest BCUT2D eigenvalue weighted by molar-refractivity contribution is 0.470. The molecule has 0 aromatic rings. The summed E-state index contributed by atoms with van der Waals surface area (Å²) in [5, 5.41) is 12.0. The van der Waals surface area contributed by atoms with Crippen LogP contribution in [0.5, 0.6) is 0 Å². The molecule has 0 spiro atoms. The summed E-state index contributed by atoms with van der Waals surface area (Å²) in [5.41, 5.74) is -0.290. The SMILES string of the molecule is Cl.N#CC1(CCCl)CCCN1. The number of alkyl halides is 1. The first-order valence-electron chi connectivity index (χ1n) is 3.55. The maximum Gasteiger partial charge on any atom is 0.107 e. The molecule has 4 heteroatoms. The predicted octanol–water partition coefficient (Wildman–Crippen LogP) is 1.68. The molecule has 0 amide bonds. The Bertz CT molecular complexity index is 147. The second-order valence-electron chi connectivity index (χ2n) is 2.66. The van der Waals surface area contributed by atoms with Crippen molar-refractivity contribution in [2.75, 3.05) is 12.4 Å². The second kappa shape index (κ2) is 4.82. The monoisotopic (exact) mass is 194 g/mol. The van der Waals surface area contributed by atoms with Crippen LogP contribution in [0.4, 0.5) is 0 Å². The van der Waals surface area contributed by atoms with Gasteiger partial charge in [-0.25, -0.2) is 0 Å². The van der Waals surface area contributed by atoms with Crippen molar-refractivity contribution < 1.29 is 0 Å². The number of nitrogens with zero attached hydrogens (tertiary/aromatic N) is 1. The quantitative estimate of drug-likeness (QED) is 0.680. The van der Waals surface area contributed by atoms with E-state index < -0.39 is 0 Å². The minimum absolute atomic E-state index is 0. The Hall–Kier alpha value is 0.0300. The molecule has 1 fully saturated rings. The van der Waals surface area contributed by atoms with Gasteiger partial charge in [0.05, 0.1) is 6.07 Å². The van der Waals surface area contributed by atoms with Crippen LogP contribution >= 0.6 is 24.0 Å². The minimum Gasteiger partial charge on any atom is -0.299 e. The van der Waals surface area contributed by atoms with Gasteiger partial charge in [-0.3, -0.25) is 5.32 Å². The first kappa shape index (κ1) is 11.0. The molecular weight excluding hydrogens is 183 g/mol. The third-order valence-corrected chi connectivity index (χ3v) is 2.17. The number of nitrogens with one attached hydrogen (secondary N) is 1. The van der Waals surface area contributed by atoms with Gasteiger partial charge >= 0.3 is 0 Å². The Balaban J connectivity index is 0.000001000. The van der Waals surface area contributed by atoms with Gasteiger partial charge in [0.15, 0.2) is 0 Å². The highest BCUT2D eigenvalue weighted by molar-refractivity contribution is 6.17. The lowest BCUT2D eigenvalue weighted by Crippen LogP contribution is -2.38. The Labute approximate surface area is 78.3 Å². The molecule has 1 unspecified atom stereocenters. The lowest BCUT2D eigenvalue weighted by Gasteiger charge is -2.18. The van der Waals surface area contributed by atoms with Crippen LogP contribution in [0.15, 0.2) is 0 Å². The highest BCUT2D eigenvalue weighted by Gasteiger charge is 2.32. The molecule has 0 aromatic heterocycles. The van der Waals surface area contributed by atoms with Crippen LogP contribution in [0.1, 0.15) is 19.3 Å². The van der Waals surface area contributed by atoms with Crippen LogP contribution in [0.25, 0.3) is 0 Å². The molecule has 1 rings (SSSR count). The van der Waals surface area contributed by atoms with Crippen molar-refractivity contribution in [3.63, 3.8) is 0 Å². The zero-order valence-corrected chi connectivity index (χ0v) is 7.84. The van der Waals surface area contributed by atoms with Gasteiger partial charge < -0.3 is 0 Å². The van der Waals surface area contributed by atoms with E-state index in [1.165, 1.54) is 0 Å². The van der Waals surface area contributed by atoms with Gasteiger partial charge in [0.2, 0.25) is 0 Å². The van der Waals surface area contributed by atoms with Crippen molar-refractivity contribution in [3.8, 4) is 6.07 Å². The summed E-state index contributed by atoms with van der Waals surface area (Å²) in [4.78, 5) is 0. The molecule has 1 saturated heterocycles. The van der Waals surface area contributed by atoms with Gasteiger partial charge in [-0.15, -0.1) is 24.0 Å². The van der Waals surface area contributed by atoms with Gasteiger partial charge in [0, 0.05) is 5.88 Å². The Kier molecular flexibility index (Phi) is 4.83. The molecule has 0 radical (unpaired) electrons. The van der Waals surface area contributed by atoms with Crippen molar-refractivity contribution in [3.05, 3.63) is 0 Å². The molecule has 1 aliphatic rings. The summed E-state index contributed by atoms with van der Waals surface area (Å²) in [7, 11) is 0. The van der Waals surface area contributed by atoms with E-state index in [1.807, 2.05) is 0 Å². The van der Waals surface area contributed by atoms with Crippen LogP contribution in [0, 0.1) is 11.3 Å². The average molecular weight is 195 g/mol. The van der Waals surface area contributed by atoms with Gasteiger partial charge in [-0.05, 0) is 25.8 Å². The normalized spacial score (nSPS) is 29.1. The summed E-state index contributed by atoms with van der Waals surface area (Å²) in [6.07, 6.45) is 2.83. The highest BCUT2D eigenvalue weighted by Crippen LogP contribution is 2.22. The van der Waals surface area contributed by atoms with Gasteiger partial charge in [0.25, 0.3) is 0 Å². The zero-order chi connectivity index (χ0) is 7.45. The molecule has 0 aromatic carbocycles. The number of hydrogen-bond donors (Lipinski definition) is 1. The first-order valence-corrected chi connectivity index (χ1v) is 4.09. The predicted molar refractivity (Wildman–Crippen MR) is 48.2 cm³/mol. The molecule has 1 atom stereocenters. The van der Waals surface area contributed by atoms with E-state index in [0.717, 1.165) is 25.8 Å². The smallest absolute Gasteiger partial charge is 0.107 e. The lowest BCUT2D eigenvalue weighted by atomic mass is 9.97. The number of nitriles is 1. The van der Waals surface area contributed by atoms with Crippen molar-refractivity contribution >= 4 is 24.0 Å². The summed E-state index contributed by atoms with van der Waals surface area (Å²) in [6, 6.07) is 2.28. The van der Waals surface area contributed by atoms with E-state index in [0.29, 0.717) is 5.88 Å². The third kappa shape index (κ3) is 2.52. The summed E-state index contributed by atoms with van der Waals surface area (Å²) < 4.78 is 0. The van der Waals surface area contributed by atoms with Crippen molar-refractivity contribution in [2.45, 2.75) is 24.8 Å². The number of rotatable bonds is 2. The van der Waals surface area contributed by atoms with E-state index >= 15 is 0 Å². The summed E-state index contributed by atoms with van der Waals surface area (Å²) in [5.74, 6) is 0.570. The molecule has 1 aliphatic heterocycles. The summed E-state index contributed by atoms with van der Waals surface area (Å²) >= 11 is 5.56. The largest absolute Gasteiger partial charge is 0.299 e. The van der Waals surface area contributed by atoms with Crippen LogP contribution in [-0.4, -0.2) is 18.0 Å². The Morgan fingerprint density at radius 3 is 2.73 bits per heavy atom. The molecule has 2 nitrogen and oxygen atoms in total. The Morgan fingerprint density at radius 2 is 2.36 bits per heavy atom. The Morgan fingerprint density at radius 1 is 1.64 bits per heavy atom. The van der Waals surface area contributed by atoms with E-state index in [9.17, 15) is 0 Å². The fraction of sp³-hybridized carbons (Fsp3) is 0.857. The second-order valence-corrected chi connectivity index (χ2v) is 3.04. The highest BCUT2D eigenvalue weighted by atomic mass is 35.5. The summed E-state index contributed by atoms with van der Waals surface area (Å²) in [6.45, 7) is 0.963. The average Bonchev–Trinajstić information content (AvgIpc) is 2.39.